The van der Waals surface area contributed by atoms with Crippen LogP contribution in [0, 0.1) is 0 Å². The summed E-state index contributed by atoms with van der Waals surface area (Å²) >= 11 is 0. The fourth-order valence-corrected chi connectivity index (χ4v) is 2.86. The topological polar surface area (TPSA) is 57.6 Å². The molecule has 0 bridgehead atoms. The number of carbonyl (C=O) groups excluding carboxylic acids is 1. The van der Waals surface area contributed by atoms with Crippen LogP contribution in [-0.4, -0.2) is 35.0 Å². The van der Waals surface area contributed by atoms with E-state index in [0.717, 1.165) is 25.7 Å². The Morgan fingerprint density at radius 3 is 2.15 bits per heavy atom. The van der Waals surface area contributed by atoms with Crippen LogP contribution in [0.4, 0.5) is 0 Å². The molecule has 1 fully saturated rings. The highest BCUT2D eigenvalue weighted by Crippen LogP contribution is 2.23. The van der Waals surface area contributed by atoms with Gasteiger partial charge in [0.25, 0.3) is 5.91 Å². The van der Waals surface area contributed by atoms with E-state index in [0.29, 0.717) is 0 Å². The van der Waals surface area contributed by atoms with E-state index in [9.17, 15) is 14.7 Å². The molecule has 108 valence electrons. The zero-order chi connectivity index (χ0) is 14.5. The van der Waals surface area contributed by atoms with Gasteiger partial charge >= 0.3 is 5.97 Å². The molecule has 20 heavy (non-hydrogen) atoms. The molecule has 1 N–H and O–H groups in total. The molecular weight excluding hydrogens is 254 g/mol. The van der Waals surface area contributed by atoms with Crippen molar-refractivity contribution < 1.29 is 14.7 Å². The second kappa shape index (κ2) is 6.55. The first kappa shape index (κ1) is 14.6. The summed E-state index contributed by atoms with van der Waals surface area (Å²) in [7, 11) is 1.79. The van der Waals surface area contributed by atoms with Gasteiger partial charge in [-0.1, -0.05) is 37.8 Å². The number of carboxylic acid groups (broad SMARTS) is 1. The van der Waals surface area contributed by atoms with Gasteiger partial charge in [-0.05, 0) is 25.0 Å². The second-order valence-corrected chi connectivity index (χ2v) is 5.41. The molecule has 1 amide bonds. The van der Waals surface area contributed by atoms with Crippen molar-refractivity contribution in [2.45, 2.75) is 44.6 Å². The van der Waals surface area contributed by atoms with Crippen molar-refractivity contribution in [3.05, 3.63) is 35.4 Å². The number of rotatable bonds is 3. The van der Waals surface area contributed by atoms with Crippen molar-refractivity contribution in [1.29, 1.82) is 0 Å². The molecule has 4 nitrogen and oxygen atoms in total. The first-order valence-electron chi connectivity index (χ1n) is 7.20. The third-order valence-corrected chi connectivity index (χ3v) is 4.08. The van der Waals surface area contributed by atoms with Gasteiger partial charge in [-0.2, -0.15) is 0 Å². The van der Waals surface area contributed by atoms with E-state index < -0.39 is 5.97 Å². The lowest BCUT2D eigenvalue weighted by molar-refractivity contribution is 0.0663. The zero-order valence-electron chi connectivity index (χ0n) is 11.8. The molecule has 4 heteroatoms. The Balaban J connectivity index is 2.19. The summed E-state index contributed by atoms with van der Waals surface area (Å²) < 4.78 is 0. The largest absolute Gasteiger partial charge is 0.478 e. The number of carbonyl (C=O) groups is 2. The molecule has 0 spiro atoms. The number of nitrogens with zero attached hydrogens (tertiary/aromatic N) is 1. The summed E-state index contributed by atoms with van der Waals surface area (Å²) in [5, 5.41) is 9.18. The maximum absolute atomic E-state index is 12.5. The third kappa shape index (κ3) is 3.18. The van der Waals surface area contributed by atoms with Gasteiger partial charge in [-0.3, -0.25) is 4.79 Å². The number of aromatic carboxylic acids is 1. The van der Waals surface area contributed by atoms with Crippen LogP contribution >= 0.6 is 0 Å². The SMILES string of the molecule is CN(C(=O)c1ccccc1C(=O)O)C1CCCCCC1. The minimum Gasteiger partial charge on any atom is -0.478 e. The molecule has 0 radical (unpaired) electrons. The van der Waals surface area contributed by atoms with Gasteiger partial charge in [0.15, 0.2) is 0 Å². The predicted octanol–water partition coefficient (Wildman–Crippen LogP) is 3.18. The second-order valence-electron chi connectivity index (χ2n) is 5.41. The minimum absolute atomic E-state index is 0.0815. The molecule has 0 saturated heterocycles. The molecule has 1 aromatic rings. The fraction of sp³-hybridized carbons (Fsp3) is 0.500. The zero-order valence-corrected chi connectivity index (χ0v) is 11.8. The van der Waals surface area contributed by atoms with E-state index in [4.69, 9.17) is 0 Å². The highest BCUT2D eigenvalue weighted by molar-refractivity contribution is 6.04. The number of hydrogen-bond donors (Lipinski definition) is 1. The Bertz CT molecular complexity index is 490. The molecule has 1 aromatic carbocycles. The number of hydrogen-bond acceptors (Lipinski definition) is 2. The maximum Gasteiger partial charge on any atom is 0.336 e. The Kier molecular flexibility index (Phi) is 4.77. The molecular formula is C16H21NO3. The Labute approximate surface area is 119 Å². The average Bonchev–Trinajstić information content (AvgIpc) is 2.74. The molecule has 1 aliphatic rings. The van der Waals surface area contributed by atoms with Crippen LogP contribution in [0.3, 0.4) is 0 Å². The van der Waals surface area contributed by atoms with Gasteiger partial charge in [-0.15, -0.1) is 0 Å². The van der Waals surface area contributed by atoms with Crippen molar-refractivity contribution in [2.75, 3.05) is 7.05 Å². The third-order valence-electron chi connectivity index (χ3n) is 4.08. The average molecular weight is 275 g/mol. The lowest BCUT2D eigenvalue weighted by atomic mass is 10.0. The molecule has 1 aliphatic carbocycles. The summed E-state index contributed by atoms with van der Waals surface area (Å²) in [4.78, 5) is 25.5. The first-order chi connectivity index (χ1) is 9.61. The van der Waals surface area contributed by atoms with Crippen molar-refractivity contribution in [3.8, 4) is 0 Å². The quantitative estimate of drug-likeness (QED) is 0.862. The lowest BCUT2D eigenvalue weighted by Crippen LogP contribution is -2.37. The lowest BCUT2D eigenvalue weighted by Gasteiger charge is -2.27. The van der Waals surface area contributed by atoms with Gasteiger partial charge in [0.2, 0.25) is 0 Å². The summed E-state index contributed by atoms with van der Waals surface area (Å²) in [5.41, 5.74) is 0.365. The van der Waals surface area contributed by atoms with E-state index in [1.54, 1.807) is 30.1 Å². The summed E-state index contributed by atoms with van der Waals surface area (Å²) in [6.45, 7) is 0. The van der Waals surface area contributed by atoms with E-state index >= 15 is 0 Å². The fourth-order valence-electron chi connectivity index (χ4n) is 2.86. The predicted molar refractivity (Wildman–Crippen MR) is 77.0 cm³/mol. The normalized spacial score (nSPS) is 16.4. The smallest absolute Gasteiger partial charge is 0.336 e. The molecule has 0 atom stereocenters. The van der Waals surface area contributed by atoms with Gasteiger partial charge in [0.05, 0.1) is 11.1 Å². The van der Waals surface area contributed by atoms with Crippen LogP contribution in [0.5, 0.6) is 0 Å². The van der Waals surface area contributed by atoms with Crippen LogP contribution in [0.1, 0.15) is 59.2 Å². The minimum atomic E-state index is -1.05. The van der Waals surface area contributed by atoms with Crippen LogP contribution in [-0.2, 0) is 0 Å². The molecule has 0 unspecified atom stereocenters. The van der Waals surface area contributed by atoms with E-state index in [1.807, 2.05) is 0 Å². The number of benzene rings is 1. The van der Waals surface area contributed by atoms with Crippen LogP contribution < -0.4 is 0 Å². The molecule has 0 aromatic heterocycles. The Morgan fingerprint density at radius 1 is 1.05 bits per heavy atom. The highest BCUT2D eigenvalue weighted by atomic mass is 16.4. The summed E-state index contributed by atoms with van der Waals surface area (Å²) in [6, 6.07) is 6.66. The van der Waals surface area contributed by atoms with E-state index in [2.05, 4.69) is 0 Å². The van der Waals surface area contributed by atoms with Crippen molar-refractivity contribution >= 4 is 11.9 Å². The first-order valence-corrected chi connectivity index (χ1v) is 7.20. The van der Waals surface area contributed by atoms with Crippen LogP contribution in [0.2, 0.25) is 0 Å². The summed E-state index contributed by atoms with van der Waals surface area (Å²) in [5.74, 6) is -1.24. The van der Waals surface area contributed by atoms with Crippen LogP contribution in [0.25, 0.3) is 0 Å². The van der Waals surface area contributed by atoms with Gasteiger partial charge < -0.3 is 10.0 Å². The molecule has 0 heterocycles. The standard InChI is InChI=1S/C16H21NO3/c1-17(12-8-4-2-3-5-9-12)15(18)13-10-6-7-11-14(13)16(19)20/h6-7,10-12H,2-5,8-9H2,1H3,(H,19,20). The van der Waals surface area contributed by atoms with Gasteiger partial charge in [-0.25, -0.2) is 4.79 Å². The monoisotopic (exact) mass is 275 g/mol. The molecule has 0 aliphatic heterocycles. The van der Waals surface area contributed by atoms with E-state index in [-0.39, 0.29) is 23.1 Å². The Morgan fingerprint density at radius 2 is 1.60 bits per heavy atom. The Hall–Kier alpha value is -1.84. The highest BCUT2D eigenvalue weighted by Gasteiger charge is 2.25. The molecule has 1 saturated carbocycles. The summed E-state index contributed by atoms with van der Waals surface area (Å²) in [6.07, 6.45) is 6.76. The molecule has 2 rings (SSSR count). The van der Waals surface area contributed by atoms with Crippen molar-refractivity contribution in [2.24, 2.45) is 0 Å². The number of amides is 1. The van der Waals surface area contributed by atoms with Gasteiger partial charge in [0, 0.05) is 13.1 Å². The number of carboxylic acids is 1. The van der Waals surface area contributed by atoms with E-state index in [1.165, 1.54) is 18.9 Å². The maximum atomic E-state index is 12.5. The van der Waals surface area contributed by atoms with Gasteiger partial charge in [0.1, 0.15) is 0 Å². The van der Waals surface area contributed by atoms with Crippen LogP contribution in [0.15, 0.2) is 24.3 Å². The van der Waals surface area contributed by atoms with Crippen molar-refractivity contribution in [3.63, 3.8) is 0 Å². The van der Waals surface area contributed by atoms with Crippen molar-refractivity contribution in [1.82, 2.24) is 4.90 Å².